The predicted molar refractivity (Wildman–Crippen MR) is 74.5 cm³/mol. The second-order valence-electron chi connectivity index (χ2n) is 5.54. The molecule has 2 N–H and O–H groups in total. The van der Waals surface area contributed by atoms with Crippen molar-refractivity contribution in [1.29, 1.82) is 0 Å². The SMILES string of the molecule is COC1CC(CN)(N(C)Cc2ccc(C)cc2)C1. The number of ether oxygens (including phenoxy) is 1. The van der Waals surface area contributed by atoms with Crippen LogP contribution in [0.5, 0.6) is 0 Å². The molecule has 1 aromatic carbocycles. The van der Waals surface area contributed by atoms with Gasteiger partial charge in [-0.25, -0.2) is 0 Å². The van der Waals surface area contributed by atoms with Crippen molar-refractivity contribution in [2.45, 2.75) is 38.0 Å². The van der Waals surface area contributed by atoms with Crippen molar-refractivity contribution in [2.75, 3.05) is 20.7 Å². The molecule has 0 aromatic heterocycles. The number of benzene rings is 1. The highest BCUT2D eigenvalue weighted by atomic mass is 16.5. The first-order valence-electron chi connectivity index (χ1n) is 6.59. The zero-order valence-corrected chi connectivity index (χ0v) is 11.6. The third kappa shape index (κ3) is 2.58. The van der Waals surface area contributed by atoms with Crippen molar-refractivity contribution in [3.63, 3.8) is 0 Å². The van der Waals surface area contributed by atoms with E-state index in [4.69, 9.17) is 10.5 Å². The molecule has 100 valence electrons. The fourth-order valence-electron chi connectivity index (χ4n) is 2.72. The highest BCUT2D eigenvalue weighted by Crippen LogP contribution is 2.38. The maximum atomic E-state index is 5.97. The second-order valence-corrected chi connectivity index (χ2v) is 5.54. The van der Waals surface area contributed by atoms with E-state index in [-0.39, 0.29) is 5.54 Å². The van der Waals surface area contributed by atoms with Gasteiger partial charge in [0.2, 0.25) is 0 Å². The standard InChI is InChI=1S/C15H24N2O/c1-12-4-6-13(7-5-12)10-17(2)15(11-16)8-14(9-15)18-3/h4-7,14H,8-11,16H2,1-3H3. The number of likely N-dealkylation sites (N-methyl/N-ethyl adjacent to an activating group) is 1. The van der Waals surface area contributed by atoms with Gasteiger partial charge in [-0.3, -0.25) is 4.90 Å². The van der Waals surface area contributed by atoms with E-state index in [2.05, 4.69) is 43.1 Å². The van der Waals surface area contributed by atoms with Gasteiger partial charge >= 0.3 is 0 Å². The Hall–Kier alpha value is -0.900. The molecule has 0 bridgehead atoms. The molecule has 0 amide bonds. The van der Waals surface area contributed by atoms with Gasteiger partial charge in [0.15, 0.2) is 0 Å². The van der Waals surface area contributed by atoms with Crippen LogP contribution in [0.25, 0.3) is 0 Å². The molecule has 1 aliphatic carbocycles. The molecule has 3 nitrogen and oxygen atoms in total. The summed E-state index contributed by atoms with van der Waals surface area (Å²) >= 11 is 0. The fraction of sp³-hybridized carbons (Fsp3) is 0.600. The van der Waals surface area contributed by atoms with Crippen LogP contribution in [0.4, 0.5) is 0 Å². The molecule has 0 atom stereocenters. The van der Waals surface area contributed by atoms with Gasteiger partial charge in [-0.15, -0.1) is 0 Å². The Morgan fingerprint density at radius 2 is 1.94 bits per heavy atom. The van der Waals surface area contributed by atoms with Crippen LogP contribution in [-0.4, -0.2) is 37.2 Å². The zero-order chi connectivity index (χ0) is 13.2. The van der Waals surface area contributed by atoms with Gasteiger partial charge in [-0.05, 0) is 32.4 Å². The first kappa shape index (κ1) is 13.5. The topological polar surface area (TPSA) is 38.5 Å². The first-order valence-corrected chi connectivity index (χ1v) is 6.59. The van der Waals surface area contributed by atoms with E-state index in [0.29, 0.717) is 12.6 Å². The molecular weight excluding hydrogens is 224 g/mol. The number of rotatable bonds is 5. The minimum atomic E-state index is 0.131. The largest absolute Gasteiger partial charge is 0.381 e. The molecule has 1 aliphatic rings. The van der Waals surface area contributed by atoms with E-state index in [9.17, 15) is 0 Å². The molecule has 3 heteroatoms. The fourth-order valence-corrected chi connectivity index (χ4v) is 2.72. The highest BCUT2D eigenvalue weighted by Gasteiger charge is 2.46. The Bertz CT molecular complexity index is 382. The Balaban J connectivity index is 1.98. The molecule has 0 unspecified atom stereocenters. The van der Waals surface area contributed by atoms with Gasteiger partial charge in [-0.2, -0.15) is 0 Å². The summed E-state index contributed by atoms with van der Waals surface area (Å²) in [7, 11) is 3.95. The van der Waals surface area contributed by atoms with E-state index in [1.54, 1.807) is 7.11 Å². The van der Waals surface area contributed by atoms with Crippen molar-refractivity contribution >= 4 is 0 Å². The van der Waals surface area contributed by atoms with Crippen LogP contribution < -0.4 is 5.73 Å². The second kappa shape index (κ2) is 5.39. The van der Waals surface area contributed by atoms with E-state index < -0.39 is 0 Å². The molecule has 0 radical (unpaired) electrons. The van der Waals surface area contributed by atoms with Crippen LogP contribution in [0.2, 0.25) is 0 Å². The summed E-state index contributed by atoms with van der Waals surface area (Å²) in [6.45, 7) is 3.77. The Labute approximate surface area is 110 Å². The molecule has 0 heterocycles. The minimum Gasteiger partial charge on any atom is -0.381 e. The van der Waals surface area contributed by atoms with Gasteiger partial charge < -0.3 is 10.5 Å². The van der Waals surface area contributed by atoms with Crippen LogP contribution in [0.3, 0.4) is 0 Å². The lowest BCUT2D eigenvalue weighted by Gasteiger charge is -2.52. The monoisotopic (exact) mass is 248 g/mol. The van der Waals surface area contributed by atoms with E-state index in [0.717, 1.165) is 19.4 Å². The quantitative estimate of drug-likeness (QED) is 0.865. The van der Waals surface area contributed by atoms with Crippen LogP contribution in [0, 0.1) is 6.92 Å². The summed E-state index contributed by atoms with van der Waals surface area (Å²) in [6.07, 6.45) is 2.47. The smallest absolute Gasteiger partial charge is 0.0607 e. The summed E-state index contributed by atoms with van der Waals surface area (Å²) in [5.41, 5.74) is 8.75. The minimum absolute atomic E-state index is 0.131. The Kier molecular flexibility index (Phi) is 4.05. The number of nitrogens with two attached hydrogens (primary N) is 1. The Morgan fingerprint density at radius 1 is 1.33 bits per heavy atom. The maximum absolute atomic E-state index is 5.97. The predicted octanol–water partition coefficient (Wildman–Crippen LogP) is 1.93. The number of nitrogens with zero attached hydrogens (tertiary/aromatic N) is 1. The average molecular weight is 248 g/mol. The number of hydrogen-bond donors (Lipinski definition) is 1. The molecule has 0 spiro atoms. The molecule has 1 aromatic rings. The van der Waals surface area contributed by atoms with E-state index >= 15 is 0 Å². The number of methoxy groups -OCH3 is 1. The molecule has 1 fully saturated rings. The lowest BCUT2D eigenvalue weighted by molar-refractivity contribution is -0.0811. The number of hydrogen-bond acceptors (Lipinski definition) is 3. The maximum Gasteiger partial charge on any atom is 0.0607 e. The van der Waals surface area contributed by atoms with Crippen LogP contribution >= 0.6 is 0 Å². The van der Waals surface area contributed by atoms with Gasteiger partial charge in [0.25, 0.3) is 0 Å². The van der Waals surface area contributed by atoms with Crippen LogP contribution in [0.1, 0.15) is 24.0 Å². The molecular formula is C15H24N2O. The van der Waals surface area contributed by atoms with Crippen LogP contribution in [-0.2, 0) is 11.3 Å². The van der Waals surface area contributed by atoms with E-state index in [1.807, 2.05) is 0 Å². The first-order chi connectivity index (χ1) is 8.59. The molecule has 0 saturated heterocycles. The van der Waals surface area contributed by atoms with Crippen molar-refractivity contribution in [1.82, 2.24) is 4.90 Å². The summed E-state index contributed by atoms with van der Waals surface area (Å²) < 4.78 is 5.38. The highest BCUT2D eigenvalue weighted by molar-refractivity contribution is 5.21. The Morgan fingerprint density at radius 3 is 2.44 bits per heavy atom. The zero-order valence-electron chi connectivity index (χ0n) is 11.6. The lowest BCUT2D eigenvalue weighted by Crippen LogP contribution is -2.62. The third-order valence-electron chi connectivity index (χ3n) is 4.28. The van der Waals surface area contributed by atoms with Gasteiger partial charge in [-0.1, -0.05) is 29.8 Å². The van der Waals surface area contributed by atoms with E-state index in [1.165, 1.54) is 11.1 Å². The summed E-state index contributed by atoms with van der Waals surface area (Å²) in [4.78, 5) is 2.38. The molecule has 2 rings (SSSR count). The normalized spacial score (nSPS) is 27.3. The summed E-state index contributed by atoms with van der Waals surface area (Å²) in [5.74, 6) is 0. The summed E-state index contributed by atoms with van der Waals surface area (Å²) in [6, 6.07) is 8.72. The average Bonchev–Trinajstić information content (AvgIpc) is 2.32. The van der Waals surface area contributed by atoms with Crippen molar-refractivity contribution in [3.8, 4) is 0 Å². The van der Waals surface area contributed by atoms with Gasteiger partial charge in [0, 0.05) is 25.7 Å². The number of aryl methyl sites for hydroxylation is 1. The third-order valence-corrected chi connectivity index (χ3v) is 4.28. The van der Waals surface area contributed by atoms with Gasteiger partial charge in [0.1, 0.15) is 0 Å². The van der Waals surface area contributed by atoms with Gasteiger partial charge in [0.05, 0.1) is 6.10 Å². The molecule has 0 aliphatic heterocycles. The van der Waals surface area contributed by atoms with Crippen LogP contribution in [0.15, 0.2) is 24.3 Å². The summed E-state index contributed by atoms with van der Waals surface area (Å²) in [5, 5.41) is 0. The molecule has 18 heavy (non-hydrogen) atoms. The van der Waals surface area contributed by atoms with Crippen molar-refractivity contribution in [3.05, 3.63) is 35.4 Å². The molecule has 1 saturated carbocycles. The van der Waals surface area contributed by atoms with Crippen molar-refractivity contribution < 1.29 is 4.74 Å². The lowest BCUT2D eigenvalue weighted by atomic mass is 9.73. The van der Waals surface area contributed by atoms with Crippen molar-refractivity contribution in [2.24, 2.45) is 5.73 Å².